The predicted molar refractivity (Wildman–Crippen MR) is 79.2 cm³/mol. The second-order valence-corrected chi connectivity index (χ2v) is 6.65. The van der Waals surface area contributed by atoms with Crippen LogP contribution in [0.5, 0.6) is 0 Å². The van der Waals surface area contributed by atoms with Crippen molar-refractivity contribution in [1.82, 2.24) is 10.2 Å². The van der Waals surface area contributed by atoms with Gasteiger partial charge in [-0.25, -0.2) is 0 Å². The minimum Gasteiger partial charge on any atom is -0.355 e. The highest BCUT2D eigenvalue weighted by Crippen LogP contribution is 2.37. The molecule has 1 aliphatic heterocycles. The molecule has 0 aromatic heterocycles. The fraction of sp³-hybridized carbons (Fsp3) is 0.812. The van der Waals surface area contributed by atoms with E-state index >= 15 is 0 Å². The summed E-state index contributed by atoms with van der Waals surface area (Å²) in [4.78, 5) is 37.5. The number of rotatable bonds is 6. The van der Waals surface area contributed by atoms with Gasteiger partial charge in [-0.05, 0) is 31.6 Å². The van der Waals surface area contributed by atoms with Crippen molar-refractivity contribution >= 4 is 17.7 Å². The van der Waals surface area contributed by atoms with E-state index in [1.807, 2.05) is 0 Å². The van der Waals surface area contributed by atoms with Gasteiger partial charge in [0.05, 0.1) is 11.8 Å². The first-order valence-corrected chi connectivity index (χ1v) is 8.12. The molecule has 1 saturated carbocycles. The molecule has 5 heteroatoms. The van der Waals surface area contributed by atoms with Gasteiger partial charge < -0.3 is 5.32 Å². The van der Waals surface area contributed by atoms with Crippen LogP contribution >= 0.6 is 0 Å². The summed E-state index contributed by atoms with van der Waals surface area (Å²) in [5.74, 6) is -0.213. The Kier molecular flexibility index (Phi) is 5.37. The Morgan fingerprint density at radius 3 is 2.29 bits per heavy atom. The molecule has 118 valence electrons. The molecule has 1 aliphatic carbocycles. The largest absolute Gasteiger partial charge is 0.355 e. The number of nitrogens with one attached hydrogen (secondary N) is 1. The van der Waals surface area contributed by atoms with Crippen LogP contribution in [0.1, 0.15) is 52.4 Å². The van der Waals surface area contributed by atoms with E-state index in [0.29, 0.717) is 12.5 Å². The lowest BCUT2D eigenvalue weighted by atomic mass is 9.81. The van der Waals surface area contributed by atoms with Crippen LogP contribution in [0.4, 0.5) is 0 Å². The number of carbonyl (C=O) groups is 3. The number of carbonyl (C=O) groups excluding carboxylic acids is 3. The van der Waals surface area contributed by atoms with E-state index < -0.39 is 0 Å². The number of fused-ring (bicyclic) bond motifs is 1. The minimum absolute atomic E-state index is 0.105. The topological polar surface area (TPSA) is 66.5 Å². The summed E-state index contributed by atoms with van der Waals surface area (Å²) in [7, 11) is 0. The van der Waals surface area contributed by atoms with Crippen LogP contribution in [0.15, 0.2) is 0 Å². The molecule has 0 spiro atoms. The molecule has 0 aromatic carbocycles. The van der Waals surface area contributed by atoms with E-state index in [4.69, 9.17) is 0 Å². The summed E-state index contributed by atoms with van der Waals surface area (Å²) in [6.07, 6.45) is 5.59. The van der Waals surface area contributed by atoms with Crippen LogP contribution in [0, 0.1) is 17.8 Å². The third kappa shape index (κ3) is 3.83. The zero-order chi connectivity index (χ0) is 15.4. The highest BCUT2D eigenvalue weighted by molar-refractivity contribution is 6.07. The van der Waals surface area contributed by atoms with Gasteiger partial charge in [-0.2, -0.15) is 0 Å². The Balaban J connectivity index is 1.80. The Labute approximate surface area is 126 Å². The van der Waals surface area contributed by atoms with Crippen molar-refractivity contribution in [3.8, 4) is 0 Å². The molecule has 0 aromatic rings. The zero-order valence-corrected chi connectivity index (χ0v) is 13.1. The Bertz CT molecular complexity index is 396. The quantitative estimate of drug-likeness (QED) is 0.599. The Morgan fingerprint density at radius 2 is 1.76 bits per heavy atom. The first-order valence-electron chi connectivity index (χ1n) is 8.12. The summed E-state index contributed by atoms with van der Waals surface area (Å²) in [5.41, 5.74) is 0. The molecule has 3 amide bonds. The molecule has 0 radical (unpaired) electrons. The first-order chi connectivity index (χ1) is 10.0. The van der Waals surface area contributed by atoms with Crippen LogP contribution in [0.25, 0.3) is 0 Å². The van der Waals surface area contributed by atoms with E-state index in [0.717, 1.165) is 38.5 Å². The smallest absolute Gasteiger partial charge is 0.240 e. The van der Waals surface area contributed by atoms with Crippen LogP contribution < -0.4 is 5.32 Å². The van der Waals surface area contributed by atoms with Crippen molar-refractivity contribution in [3.63, 3.8) is 0 Å². The van der Waals surface area contributed by atoms with E-state index in [-0.39, 0.29) is 36.1 Å². The van der Waals surface area contributed by atoms with E-state index in [2.05, 4.69) is 19.2 Å². The molecule has 2 fully saturated rings. The van der Waals surface area contributed by atoms with Crippen LogP contribution in [-0.2, 0) is 14.4 Å². The standard InChI is InChI=1S/C16H26N2O3/c1-11(2)6-5-9-17-14(19)10-18-15(20)12-7-3-4-8-13(12)16(18)21/h11-13H,3-10H2,1-2H3,(H,17,19). The van der Waals surface area contributed by atoms with Crippen molar-refractivity contribution in [2.24, 2.45) is 17.8 Å². The fourth-order valence-electron chi connectivity index (χ4n) is 3.32. The molecule has 2 aliphatic rings. The average Bonchev–Trinajstić information content (AvgIpc) is 2.69. The van der Waals surface area contributed by atoms with Crippen molar-refractivity contribution in [2.45, 2.75) is 52.4 Å². The first kappa shape index (κ1) is 16.0. The molecule has 21 heavy (non-hydrogen) atoms. The van der Waals surface area contributed by atoms with Crippen LogP contribution in [-0.4, -0.2) is 35.7 Å². The van der Waals surface area contributed by atoms with Crippen molar-refractivity contribution in [1.29, 1.82) is 0 Å². The normalized spacial score (nSPS) is 25.4. The molecule has 1 saturated heterocycles. The summed E-state index contributed by atoms with van der Waals surface area (Å²) < 4.78 is 0. The van der Waals surface area contributed by atoms with Gasteiger partial charge in [-0.15, -0.1) is 0 Å². The third-order valence-electron chi connectivity index (χ3n) is 4.51. The molecule has 1 N–H and O–H groups in total. The molecule has 2 atom stereocenters. The monoisotopic (exact) mass is 294 g/mol. The predicted octanol–water partition coefficient (Wildman–Crippen LogP) is 1.71. The number of amides is 3. The number of hydrogen-bond acceptors (Lipinski definition) is 3. The Hall–Kier alpha value is -1.39. The van der Waals surface area contributed by atoms with Gasteiger partial charge in [0.1, 0.15) is 6.54 Å². The highest BCUT2D eigenvalue weighted by Gasteiger charge is 2.48. The van der Waals surface area contributed by atoms with Crippen molar-refractivity contribution in [3.05, 3.63) is 0 Å². The summed E-state index contributed by atoms with van der Waals surface area (Å²) in [6, 6.07) is 0. The second-order valence-electron chi connectivity index (χ2n) is 6.65. The summed E-state index contributed by atoms with van der Waals surface area (Å²) >= 11 is 0. The third-order valence-corrected chi connectivity index (χ3v) is 4.51. The maximum absolute atomic E-state index is 12.2. The van der Waals surface area contributed by atoms with E-state index in [9.17, 15) is 14.4 Å². The van der Waals surface area contributed by atoms with Gasteiger partial charge in [-0.1, -0.05) is 26.7 Å². The lowest BCUT2D eigenvalue weighted by Crippen LogP contribution is -2.41. The van der Waals surface area contributed by atoms with Gasteiger partial charge in [0.15, 0.2) is 0 Å². The molecular formula is C16H26N2O3. The highest BCUT2D eigenvalue weighted by atomic mass is 16.2. The van der Waals surface area contributed by atoms with Gasteiger partial charge in [0, 0.05) is 6.54 Å². The molecular weight excluding hydrogens is 268 g/mol. The molecule has 5 nitrogen and oxygen atoms in total. The number of nitrogens with zero attached hydrogens (tertiary/aromatic N) is 1. The molecule has 2 rings (SSSR count). The molecule has 2 unspecified atom stereocenters. The average molecular weight is 294 g/mol. The fourth-order valence-corrected chi connectivity index (χ4v) is 3.32. The van der Waals surface area contributed by atoms with Crippen molar-refractivity contribution in [2.75, 3.05) is 13.1 Å². The van der Waals surface area contributed by atoms with E-state index in [1.165, 1.54) is 4.90 Å². The van der Waals surface area contributed by atoms with Gasteiger partial charge in [-0.3, -0.25) is 19.3 Å². The van der Waals surface area contributed by atoms with Gasteiger partial charge in [0.2, 0.25) is 17.7 Å². The van der Waals surface area contributed by atoms with Crippen molar-refractivity contribution < 1.29 is 14.4 Å². The number of hydrogen-bond donors (Lipinski definition) is 1. The lowest BCUT2D eigenvalue weighted by Gasteiger charge is -2.19. The lowest BCUT2D eigenvalue weighted by molar-refractivity contribution is -0.143. The maximum Gasteiger partial charge on any atom is 0.240 e. The maximum atomic E-state index is 12.2. The summed E-state index contributed by atoms with van der Waals surface area (Å²) in [6.45, 7) is 4.79. The summed E-state index contributed by atoms with van der Waals surface area (Å²) in [5, 5.41) is 2.80. The zero-order valence-electron chi connectivity index (χ0n) is 13.1. The Morgan fingerprint density at radius 1 is 1.19 bits per heavy atom. The number of likely N-dealkylation sites (tertiary alicyclic amines) is 1. The van der Waals surface area contributed by atoms with Crippen LogP contribution in [0.2, 0.25) is 0 Å². The van der Waals surface area contributed by atoms with Gasteiger partial charge >= 0.3 is 0 Å². The molecule has 1 heterocycles. The number of imide groups is 1. The molecule has 0 bridgehead atoms. The SMILES string of the molecule is CC(C)CCCNC(=O)CN1C(=O)C2CCCCC2C1=O. The minimum atomic E-state index is -0.223. The van der Waals surface area contributed by atoms with Gasteiger partial charge in [0.25, 0.3) is 0 Å². The van der Waals surface area contributed by atoms with E-state index in [1.54, 1.807) is 0 Å². The second kappa shape index (κ2) is 7.05. The van der Waals surface area contributed by atoms with Crippen LogP contribution in [0.3, 0.4) is 0 Å².